The van der Waals surface area contributed by atoms with Crippen molar-refractivity contribution >= 4 is 31.7 Å². The SMILES string of the molecule is CCS(=O)(=O)C[C@H](C)N(C)c1ncc(Br)cn1. The zero-order valence-corrected chi connectivity index (χ0v) is 12.5. The Bertz CT molecular complexity index is 461. The lowest BCUT2D eigenvalue weighted by molar-refractivity contribution is 0.587. The molecule has 17 heavy (non-hydrogen) atoms. The molecule has 0 aliphatic heterocycles. The van der Waals surface area contributed by atoms with E-state index in [0.717, 1.165) is 4.47 Å². The molecule has 7 heteroatoms. The van der Waals surface area contributed by atoms with E-state index >= 15 is 0 Å². The number of hydrogen-bond donors (Lipinski definition) is 0. The van der Waals surface area contributed by atoms with Crippen LogP contribution < -0.4 is 4.90 Å². The summed E-state index contributed by atoms with van der Waals surface area (Å²) < 4.78 is 23.8. The van der Waals surface area contributed by atoms with E-state index in [2.05, 4.69) is 25.9 Å². The zero-order valence-electron chi connectivity index (χ0n) is 10.1. The van der Waals surface area contributed by atoms with Crippen molar-refractivity contribution in [3.05, 3.63) is 16.9 Å². The second-order valence-corrected chi connectivity index (χ2v) is 7.17. The molecule has 1 atom stereocenters. The molecule has 5 nitrogen and oxygen atoms in total. The highest BCUT2D eigenvalue weighted by Crippen LogP contribution is 2.12. The quantitative estimate of drug-likeness (QED) is 0.822. The van der Waals surface area contributed by atoms with Crippen LogP contribution in [0.2, 0.25) is 0 Å². The Hall–Kier alpha value is -0.690. The largest absolute Gasteiger partial charge is 0.340 e. The van der Waals surface area contributed by atoms with Gasteiger partial charge in [-0.05, 0) is 22.9 Å². The van der Waals surface area contributed by atoms with Gasteiger partial charge in [-0.25, -0.2) is 18.4 Å². The Morgan fingerprint density at radius 2 is 1.94 bits per heavy atom. The van der Waals surface area contributed by atoms with Crippen molar-refractivity contribution in [2.24, 2.45) is 0 Å². The maximum absolute atomic E-state index is 11.5. The monoisotopic (exact) mass is 321 g/mol. The van der Waals surface area contributed by atoms with Gasteiger partial charge in [0, 0.05) is 31.2 Å². The van der Waals surface area contributed by atoms with Crippen molar-refractivity contribution in [3.63, 3.8) is 0 Å². The maximum Gasteiger partial charge on any atom is 0.225 e. The van der Waals surface area contributed by atoms with Crippen molar-refractivity contribution in [2.45, 2.75) is 19.9 Å². The molecule has 0 bridgehead atoms. The molecule has 0 saturated carbocycles. The van der Waals surface area contributed by atoms with Crippen LogP contribution in [0.3, 0.4) is 0 Å². The van der Waals surface area contributed by atoms with Gasteiger partial charge in [-0.15, -0.1) is 0 Å². The molecular formula is C10H16BrN3O2S. The van der Waals surface area contributed by atoms with Gasteiger partial charge in [0.05, 0.1) is 10.2 Å². The van der Waals surface area contributed by atoms with Gasteiger partial charge in [-0.3, -0.25) is 0 Å². The lowest BCUT2D eigenvalue weighted by atomic mass is 10.3. The normalized spacial score (nSPS) is 13.4. The van der Waals surface area contributed by atoms with Crippen LogP contribution in [0.25, 0.3) is 0 Å². The third-order valence-corrected chi connectivity index (χ3v) is 4.80. The van der Waals surface area contributed by atoms with E-state index in [9.17, 15) is 8.42 Å². The van der Waals surface area contributed by atoms with Crippen LogP contribution in [-0.2, 0) is 9.84 Å². The molecule has 96 valence electrons. The molecule has 0 N–H and O–H groups in total. The van der Waals surface area contributed by atoms with Gasteiger partial charge in [-0.2, -0.15) is 0 Å². The highest BCUT2D eigenvalue weighted by molar-refractivity contribution is 9.10. The molecule has 0 unspecified atom stereocenters. The molecule has 1 heterocycles. The summed E-state index contributed by atoms with van der Waals surface area (Å²) in [6.07, 6.45) is 3.28. The van der Waals surface area contributed by atoms with Gasteiger partial charge in [-0.1, -0.05) is 6.92 Å². The second kappa shape index (κ2) is 5.77. The van der Waals surface area contributed by atoms with Crippen molar-refractivity contribution in [2.75, 3.05) is 23.5 Å². The van der Waals surface area contributed by atoms with Crippen LogP contribution in [0, 0.1) is 0 Å². The van der Waals surface area contributed by atoms with Crippen molar-refractivity contribution in [1.29, 1.82) is 0 Å². The maximum atomic E-state index is 11.5. The molecule has 0 aliphatic carbocycles. The summed E-state index contributed by atoms with van der Waals surface area (Å²) in [6, 6.07) is -0.152. The van der Waals surface area contributed by atoms with E-state index in [-0.39, 0.29) is 17.5 Å². The highest BCUT2D eigenvalue weighted by atomic mass is 79.9. The summed E-state index contributed by atoms with van der Waals surface area (Å²) >= 11 is 3.25. The Balaban J connectivity index is 2.76. The number of sulfone groups is 1. The average molecular weight is 322 g/mol. The first-order chi connectivity index (χ1) is 7.85. The Morgan fingerprint density at radius 3 is 2.41 bits per heavy atom. The van der Waals surface area contributed by atoms with Crippen molar-refractivity contribution < 1.29 is 8.42 Å². The number of halogens is 1. The van der Waals surface area contributed by atoms with Gasteiger partial charge in [0.1, 0.15) is 0 Å². The zero-order chi connectivity index (χ0) is 13.1. The lowest BCUT2D eigenvalue weighted by Crippen LogP contribution is -2.36. The van der Waals surface area contributed by atoms with Crippen LogP contribution in [-0.4, -0.2) is 43.0 Å². The van der Waals surface area contributed by atoms with Crippen LogP contribution in [0.4, 0.5) is 5.95 Å². The van der Waals surface area contributed by atoms with Crippen LogP contribution in [0.1, 0.15) is 13.8 Å². The molecule has 0 amide bonds. The van der Waals surface area contributed by atoms with E-state index in [0.29, 0.717) is 5.95 Å². The fraction of sp³-hybridized carbons (Fsp3) is 0.600. The molecule has 0 aliphatic rings. The third kappa shape index (κ3) is 4.23. The predicted molar refractivity (Wildman–Crippen MR) is 71.9 cm³/mol. The van der Waals surface area contributed by atoms with E-state index in [1.165, 1.54) is 0 Å². The van der Waals surface area contributed by atoms with Crippen molar-refractivity contribution in [3.8, 4) is 0 Å². The molecule has 0 aromatic carbocycles. The summed E-state index contributed by atoms with van der Waals surface area (Å²) in [5, 5.41) is 0. The van der Waals surface area contributed by atoms with Gasteiger partial charge in [0.25, 0.3) is 0 Å². The number of rotatable bonds is 5. The molecule has 1 aromatic heterocycles. The van der Waals surface area contributed by atoms with E-state index in [1.54, 1.807) is 31.3 Å². The molecular weight excluding hydrogens is 306 g/mol. The molecule has 0 saturated heterocycles. The molecule has 0 fully saturated rings. The average Bonchev–Trinajstić information content (AvgIpc) is 2.28. The first-order valence-electron chi connectivity index (χ1n) is 5.26. The van der Waals surface area contributed by atoms with Gasteiger partial charge in [0.2, 0.25) is 5.95 Å². The predicted octanol–water partition coefficient (Wildman–Crippen LogP) is 1.50. The minimum absolute atomic E-state index is 0.111. The van der Waals surface area contributed by atoms with Crippen LogP contribution in [0.15, 0.2) is 16.9 Å². The molecule has 0 radical (unpaired) electrons. The smallest absolute Gasteiger partial charge is 0.225 e. The van der Waals surface area contributed by atoms with E-state index in [1.807, 2.05) is 6.92 Å². The molecule has 1 aromatic rings. The van der Waals surface area contributed by atoms with Gasteiger partial charge in [0.15, 0.2) is 9.84 Å². The third-order valence-electron chi connectivity index (χ3n) is 2.52. The van der Waals surface area contributed by atoms with Crippen molar-refractivity contribution in [1.82, 2.24) is 9.97 Å². The Morgan fingerprint density at radius 1 is 1.41 bits per heavy atom. The summed E-state index contributed by atoms with van der Waals surface area (Å²) in [5.74, 6) is 0.790. The standard InChI is InChI=1S/C10H16BrN3O2S/c1-4-17(15,16)7-8(2)14(3)10-12-5-9(11)6-13-10/h5-6,8H,4,7H2,1-3H3/t8-/m0/s1. The van der Waals surface area contributed by atoms with Crippen LogP contribution in [0.5, 0.6) is 0 Å². The lowest BCUT2D eigenvalue weighted by Gasteiger charge is -2.24. The summed E-state index contributed by atoms with van der Waals surface area (Å²) in [4.78, 5) is 10.0. The summed E-state index contributed by atoms with van der Waals surface area (Å²) in [7, 11) is -1.20. The van der Waals surface area contributed by atoms with E-state index < -0.39 is 9.84 Å². The first-order valence-corrected chi connectivity index (χ1v) is 7.88. The summed E-state index contributed by atoms with van der Waals surface area (Å²) in [6.45, 7) is 3.50. The fourth-order valence-corrected chi connectivity index (χ4v) is 2.68. The number of aromatic nitrogens is 2. The summed E-state index contributed by atoms with van der Waals surface area (Å²) in [5.41, 5.74) is 0. The van der Waals surface area contributed by atoms with Gasteiger partial charge < -0.3 is 4.90 Å². The first kappa shape index (κ1) is 14.4. The number of nitrogens with zero attached hydrogens (tertiary/aromatic N) is 3. The number of anilines is 1. The minimum Gasteiger partial charge on any atom is -0.340 e. The molecule has 1 rings (SSSR count). The fourth-order valence-electron chi connectivity index (χ4n) is 1.28. The Kier molecular flexibility index (Phi) is 4.88. The molecule has 0 spiro atoms. The van der Waals surface area contributed by atoms with Gasteiger partial charge >= 0.3 is 0 Å². The number of hydrogen-bond acceptors (Lipinski definition) is 5. The van der Waals surface area contributed by atoms with E-state index in [4.69, 9.17) is 0 Å². The second-order valence-electron chi connectivity index (χ2n) is 3.86. The Labute approximate surface area is 110 Å². The topological polar surface area (TPSA) is 63.2 Å². The van der Waals surface area contributed by atoms with Crippen LogP contribution >= 0.6 is 15.9 Å². The highest BCUT2D eigenvalue weighted by Gasteiger charge is 2.19. The minimum atomic E-state index is -2.99.